The van der Waals surface area contributed by atoms with Gasteiger partial charge >= 0.3 is 5.97 Å². The summed E-state index contributed by atoms with van der Waals surface area (Å²) in [5.41, 5.74) is 5.78. The number of carbonyl (C=O) groups excluding carboxylic acids is 1. The van der Waals surface area contributed by atoms with Crippen molar-refractivity contribution in [2.45, 2.75) is 26.4 Å². The minimum Gasteiger partial charge on any atom is -0.462 e. The van der Waals surface area contributed by atoms with Gasteiger partial charge in [0.15, 0.2) is 0 Å². The second kappa shape index (κ2) is 6.73. The summed E-state index contributed by atoms with van der Waals surface area (Å²) in [4.78, 5) is 12.1. The van der Waals surface area contributed by atoms with Crippen molar-refractivity contribution in [2.75, 3.05) is 13.2 Å². The van der Waals surface area contributed by atoms with Crippen molar-refractivity contribution in [3.8, 4) is 0 Å². The number of fused-ring (bicyclic) bond motifs is 3. The number of hydrogen-bond acceptors (Lipinski definition) is 3. The molecule has 0 saturated carbocycles. The van der Waals surface area contributed by atoms with E-state index in [-0.39, 0.29) is 5.97 Å². The maximum absolute atomic E-state index is 12.1. The van der Waals surface area contributed by atoms with Gasteiger partial charge in [-0.2, -0.15) is 0 Å². The quantitative estimate of drug-likeness (QED) is 0.743. The Balaban J connectivity index is 1.83. The number of benzene rings is 2. The highest BCUT2D eigenvalue weighted by Crippen LogP contribution is 2.30. The van der Waals surface area contributed by atoms with Crippen molar-refractivity contribution >= 4 is 16.9 Å². The van der Waals surface area contributed by atoms with Crippen LogP contribution in [0.2, 0.25) is 0 Å². The van der Waals surface area contributed by atoms with E-state index < -0.39 is 0 Å². The summed E-state index contributed by atoms with van der Waals surface area (Å²) in [5, 5.41) is 4.61. The van der Waals surface area contributed by atoms with Crippen molar-refractivity contribution in [3.05, 3.63) is 70.9 Å². The SMILES string of the molecule is CCOC(=O)c1ccc2c(c1)c1c(n2Cc2ccccc2)CCNC1. The summed E-state index contributed by atoms with van der Waals surface area (Å²) in [6.45, 7) is 4.91. The lowest BCUT2D eigenvalue weighted by Gasteiger charge is -2.17. The van der Waals surface area contributed by atoms with Crippen molar-refractivity contribution in [1.82, 2.24) is 9.88 Å². The average molecular weight is 334 g/mol. The van der Waals surface area contributed by atoms with Crippen LogP contribution in [0, 0.1) is 0 Å². The van der Waals surface area contributed by atoms with Gasteiger partial charge in [0.05, 0.1) is 12.2 Å². The van der Waals surface area contributed by atoms with Crippen molar-refractivity contribution in [2.24, 2.45) is 0 Å². The van der Waals surface area contributed by atoms with E-state index in [0.717, 1.165) is 31.4 Å². The molecule has 0 unspecified atom stereocenters. The van der Waals surface area contributed by atoms with Gasteiger partial charge < -0.3 is 14.6 Å². The molecule has 0 spiro atoms. The normalized spacial score (nSPS) is 13.6. The molecule has 0 aliphatic carbocycles. The van der Waals surface area contributed by atoms with Crippen LogP contribution in [0.3, 0.4) is 0 Å². The molecule has 1 aliphatic heterocycles. The minimum absolute atomic E-state index is 0.252. The molecule has 0 atom stereocenters. The Morgan fingerprint density at radius 2 is 2.04 bits per heavy atom. The highest BCUT2D eigenvalue weighted by Gasteiger charge is 2.21. The van der Waals surface area contributed by atoms with E-state index in [1.54, 1.807) is 0 Å². The molecule has 25 heavy (non-hydrogen) atoms. The molecule has 1 aliphatic rings. The molecule has 128 valence electrons. The Hall–Kier alpha value is -2.59. The van der Waals surface area contributed by atoms with Gasteiger partial charge in [-0.25, -0.2) is 4.79 Å². The average Bonchev–Trinajstić information content (AvgIpc) is 2.96. The van der Waals surface area contributed by atoms with E-state index >= 15 is 0 Å². The number of nitrogens with one attached hydrogen (secondary N) is 1. The van der Waals surface area contributed by atoms with Gasteiger partial charge in [-0.15, -0.1) is 0 Å². The highest BCUT2D eigenvalue weighted by molar-refractivity contribution is 5.96. The minimum atomic E-state index is -0.252. The number of rotatable bonds is 4. The topological polar surface area (TPSA) is 43.3 Å². The zero-order valence-corrected chi connectivity index (χ0v) is 14.4. The standard InChI is InChI=1S/C21H22N2O2/c1-2-25-21(24)16-8-9-19-17(12-16)18-13-22-11-10-20(18)23(19)14-15-6-4-3-5-7-15/h3-9,12,22H,2,10-11,13-14H2,1H3. The van der Waals surface area contributed by atoms with Crippen molar-refractivity contribution in [1.29, 1.82) is 0 Å². The molecule has 3 aromatic rings. The zero-order chi connectivity index (χ0) is 17.2. The third-order valence-electron chi connectivity index (χ3n) is 4.82. The van der Waals surface area contributed by atoms with Gasteiger partial charge in [0.2, 0.25) is 0 Å². The number of ether oxygens (including phenoxy) is 1. The molecule has 4 rings (SSSR count). The van der Waals surface area contributed by atoms with Crippen molar-refractivity contribution < 1.29 is 9.53 Å². The molecule has 0 amide bonds. The molecule has 2 aromatic carbocycles. The number of nitrogens with zero attached hydrogens (tertiary/aromatic N) is 1. The molecule has 0 fully saturated rings. The molecule has 1 aromatic heterocycles. The highest BCUT2D eigenvalue weighted by atomic mass is 16.5. The van der Waals surface area contributed by atoms with E-state index in [0.29, 0.717) is 12.2 Å². The van der Waals surface area contributed by atoms with Crippen LogP contribution in [-0.4, -0.2) is 23.7 Å². The second-order valence-corrected chi connectivity index (χ2v) is 6.38. The zero-order valence-electron chi connectivity index (χ0n) is 14.4. The monoisotopic (exact) mass is 334 g/mol. The van der Waals surface area contributed by atoms with Gasteiger partial charge in [0.1, 0.15) is 0 Å². The molecule has 4 nitrogen and oxygen atoms in total. The lowest BCUT2D eigenvalue weighted by Crippen LogP contribution is -2.24. The molecule has 2 heterocycles. The van der Waals surface area contributed by atoms with Crippen LogP contribution in [0.4, 0.5) is 0 Å². The fraction of sp³-hybridized carbons (Fsp3) is 0.286. The van der Waals surface area contributed by atoms with E-state index in [1.807, 2.05) is 25.1 Å². The summed E-state index contributed by atoms with van der Waals surface area (Å²) in [5.74, 6) is -0.252. The van der Waals surface area contributed by atoms with Gasteiger partial charge in [-0.05, 0) is 36.2 Å². The van der Waals surface area contributed by atoms with E-state index in [9.17, 15) is 4.79 Å². The Morgan fingerprint density at radius 3 is 2.84 bits per heavy atom. The van der Waals surface area contributed by atoms with Crippen molar-refractivity contribution in [3.63, 3.8) is 0 Å². The van der Waals surface area contributed by atoms with Gasteiger partial charge in [-0.1, -0.05) is 30.3 Å². The number of esters is 1. The first-order valence-electron chi connectivity index (χ1n) is 8.83. The molecular formula is C21H22N2O2. The first-order chi connectivity index (χ1) is 12.3. The summed E-state index contributed by atoms with van der Waals surface area (Å²) < 4.78 is 7.56. The van der Waals surface area contributed by atoms with Crippen LogP contribution in [0.15, 0.2) is 48.5 Å². The second-order valence-electron chi connectivity index (χ2n) is 6.38. The van der Waals surface area contributed by atoms with Crippen LogP contribution in [0.1, 0.15) is 34.1 Å². The third-order valence-corrected chi connectivity index (χ3v) is 4.82. The first kappa shape index (κ1) is 15.9. The number of aromatic nitrogens is 1. The van der Waals surface area contributed by atoms with Crippen LogP contribution in [0.5, 0.6) is 0 Å². The summed E-state index contributed by atoms with van der Waals surface area (Å²) >= 11 is 0. The fourth-order valence-electron chi connectivity index (χ4n) is 3.67. The lowest BCUT2D eigenvalue weighted by molar-refractivity contribution is 0.0526. The lowest BCUT2D eigenvalue weighted by atomic mass is 10.0. The predicted molar refractivity (Wildman–Crippen MR) is 98.8 cm³/mol. The molecule has 1 N–H and O–H groups in total. The Bertz CT molecular complexity index is 913. The Labute approximate surface area is 147 Å². The van der Waals surface area contributed by atoms with Gasteiger partial charge in [0, 0.05) is 42.7 Å². The van der Waals surface area contributed by atoms with Gasteiger partial charge in [0.25, 0.3) is 0 Å². The number of hydrogen-bond donors (Lipinski definition) is 1. The Morgan fingerprint density at radius 1 is 1.20 bits per heavy atom. The fourth-order valence-corrected chi connectivity index (χ4v) is 3.67. The largest absolute Gasteiger partial charge is 0.462 e. The maximum Gasteiger partial charge on any atom is 0.338 e. The van der Waals surface area contributed by atoms with E-state index in [4.69, 9.17) is 4.74 Å². The summed E-state index contributed by atoms with van der Waals surface area (Å²) in [6.07, 6.45) is 1.01. The Kier molecular flexibility index (Phi) is 4.28. The first-order valence-corrected chi connectivity index (χ1v) is 8.83. The molecule has 0 radical (unpaired) electrons. The van der Waals surface area contributed by atoms with Crippen LogP contribution < -0.4 is 5.32 Å². The van der Waals surface area contributed by atoms with Crippen LogP contribution in [0.25, 0.3) is 10.9 Å². The van der Waals surface area contributed by atoms with Gasteiger partial charge in [-0.3, -0.25) is 0 Å². The summed E-state index contributed by atoms with van der Waals surface area (Å²) in [6, 6.07) is 16.4. The molecular weight excluding hydrogens is 312 g/mol. The predicted octanol–water partition coefficient (Wildman–Crippen LogP) is 3.51. The number of carbonyl (C=O) groups is 1. The maximum atomic E-state index is 12.1. The molecule has 0 saturated heterocycles. The van der Waals surface area contributed by atoms with Crippen LogP contribution in [-0.2, 0) is 24.2 Å². The molecule has 4 heteroatoms. The van der Waals surface area contributed by atoms with Crippen LogP contribution >= 0.6 is 0 Å². The van der Waals surface area contributed by atoms with E-state index in [2.05, 4.69) is 40.2 Å². The van der Waals surface area contributed by atoms with E-state index in [1.165, 1.54) is 22.3 Å². The smallest absolute Gasteiger partial charge is 0.338 e. The summed E-state index contributed by atoms with van der Waals surface area (Å²) in [7, 11) is 0. The molecule has 0 bridgehead atoms. The third kappa shape index (κ3) is 2.94.